The van der Waals surface area contributed by atoms with Crippen LogP contribution in [0, 0.1) is 11.8 Å². The third kappa shape index (κ3) is 2.61. The van der Waals surface area contributed by atoms with Crippen molar-refractivity contribution in [1.29, 1.82) is 0 Å². The molecule has 0 aromatic carbocycles. The minimum Gasteiger partial charge on any atom is -0.324 e. The molecular weight excluding hydrogens is 114 g/mol. The number of Topliss-reactive ketones (excluding diaryl/α,β-unsaturated/α-hetero) is 1. The second kappa shape index (κ2) is 3.62. The molecule has 0 rings (SSSR count). The zero-order chi connectivity index (χ0) is 7.44. The van der Waals surface area contributed by atoms with E-state index in [1.165, 1.54) is 0 Å². The van der Waals surface area contributed by atoms with Gasteiger partial charge in [0, 0.05) is 5.92 Å². The molecule has 54 valence electrons. The quantitative estimate of drug-likeness (QED) is 0.612. The van der Waals surface area contributed by atoms with Crippen LogP contribution in [0.4, 0.5) is 0 Å². The SMILES string of the molecule is CC(C)C(C)C(=O)CN. The fourth-order valence-corrected chi connectivity index (χ4v) is 0.558. The van der Waals surface area contributed by atoms with Crippen LogP contribution in [0.3, 0.4) is 0 Å². The summed E-state index contributed by atoms with van der Waals surface area (Å²) in [6, 6.07) is 0. The van der Waals surface area contributed by atoms with Gasteiger partial charge in [0.2, 0.25) is 0 Å². The van der Waals surface area contributed by atoms with Crippen LogP contribution in [0.1, 0.15) is 20.8 Å². The van der Waals surface area contributed by atoms with E-state index in [9.17, 15) is 4.79 Å². The van der Waals surface area contributed by atoms with Gasteiger partial charge in [-0.25, -0.2) is 0 Å². The van der Waals surface area contributed by atoms with Crippen molar-refractivity contribution in [2.75, 3.05) is 6.54 Å². The van der Waals surface area contributed by atoms with E-state index in [0.29, 0.717) is 5.92 Å². The second-order valence-electron chi connectivity index (χ2n) is 2.70. The largest absolute Gasteiger partial charge is 0.324 e. The van der Waals surface area contributed by atoms with Crippen LogP contribution in [-0.2, 0) is 4.79 Å². The standard InChI is InChI=1S/C7H15NO/c1-5(2)6(3)7(9)4-8/h5-6H,4,8H2,1-3H3. The maximum absolute atomic E-state index is 10.8. The van der Waals surface area contributed by atoms with Crippen molar-refractivity contribution in [3.8, 4) is 0 Å². The van der Waals surface area contributed by atoms with E-state index in [0.717, 1.165) is 0 Å². The van der Waals surface area contributed by atoms with Gasteiger partial charge in [0.25, 0.3) is 0 Å². The average molecular weight is 129 g/mol. The third-order valence-corrected chi connectivity index (χ3v) is 1.71. The first-order chi connectivity index (χ1) is 4.09. The summed E-state index contributed by atoms with van der Waals surface area (Å²) >= 11 is 0. The molecule has 0 fully saturated rings. The molecule has 0 aromatic heterocycles. The molecule has 2 heteroatoms. The Kier molecular flexibility index (Phi) is 3.47. The Morgan fingerprint density at radius 3 is 2.00 bits per heavy atom. The highest BCUT2D eigenvalue weighted by Crippen LogP contribution is 2.09. The summed E-state index contributed by atoms with van der Waals surface area (Å²) < 4.78 is 0. The Labute approximate surface area is 56.4 Å². The van der Waals surface area contributed by atoms with E-state index in [1.54, 1.807) is 0 Å². The minimum atomic E-state index is 0.120. The van der Waals surface area contributed by atoms with Crippen molar-refractivity contribution in [2.45, 2.75) is 20.8 Å². The highest BCUT2D eigenvalue weighted by atomic mass is 16.1. The second-order valence-corrected chi connectivity index (χ2v) is 2.70. The lowest BCUT2D eigenvalue weighted by Crippen LogP contribution is -2.24. The first-order valence-electron chi connectivity index (χ1n) is 3.32. The molecule has 0 radical (unpaired) electrons. The summed E-state index contributed by atoms with van der Waals surface area (Å²) in [7, 11) is 0. The van der Waals surface area contributed by atoms with Crippen molar-refractivity contribution in [2.24, 2.45) is 17.6 Å². The van der Waals surface area contributed by atoms with E-state index in [-0.39, 0.29) is 18.2 Å². The Balaban J connectivity index is 3.72. The van der Waals surface area contributed by atoms with Gasteiger partial charge in [0.15, 0.2) is 0 Å². The first-order valence-corrected chi connectivity index (χ1v) is 3.32. The van der Waals surface area contributed by atoms with Crippen molar-refractivity contribution in [3.63, 3.8) is 0 Å². The number of hydrogen-bond acceptors (Lipinski definition) is 2. The van der Waals surface area contributed by atoms with Gasteiger partial charge < -0.3 is 5.73 Å². The molecule has 1 unspecified atom stereocenters. The number of hydrogen-bond donors (Lipinski definition) is 1. The van der Waals surface area contributed by atoms with E-state index in [4.69, 9.17) is 5.73 Å². The van der Waals surface area contributed by atoms with Gasteiger partial charge in [0.1, 0.15) is 5.78 Å². The molecule has 0 aliphatic carbocycles. The molecule has 2 nitrogen and oxygen atoms in total. The molecule has 0 bridgehead atoms. The molecule has 0 saturated heterocycles. The Hall–Kier alpha value is -0.370. The molecule has 0 aliphatic rings. The lowest BCUT2D eigenvalue weighted by molar-refractivity contribution is -0.122. The van der Waals surface area contributed by atoms with Gasteiger partial charge in [0.05, 0.1) is 6.54 Å². The first kappa shape index (κ1) is 8.63. The third-order valence-electron chi connectivity index (χ3n) is 1.71. The summed E-state index contributed by atoms with van der Waals surface area (Å²) in [5.74, 6) is 0.695. The van der Waals surface area contributed by atoms with Gasteiger partial charge in [-0.05, 0) is 5.92 Å². The van der Waals surface area contributed by atoms with Crippen LogP contribution in [0.2, 0.25) is 0 Å². The molecule has 0 saturated carbocycles. The maximum Gasteiger partial charge on any atom is 0.149 e. The van der Waals surface area contributed by atoms with Crippen LogP contribution in [0.15, 0.2) is 0 Å². The van der Waals surface area contributed by atoms with Gasteiger partial charge in [-0.2, -0.15) is 0 Å². The van der Waals surface area contributed by atoms with Gasteiger partial charge in [-0.1, -0.05) is 20.8 Å². The van der Waals surface area contributed by atoms with Gasteiger partial charge in [-0.15, -0.1) is 0 Å². The van der Waals surface area contributed by atoms with Crippen molar-refractivity contribution in [3.05, 3.63) is 0 Å². The number of ketones is 1. The summed E-state index contributed by atoms with van der Waals surface area (Å²) in [5, 5.41) is 0. The number of rotatable bonds is 3. The fraction of sp³-hybridized carbons (Fsp3) is 0.857. The normalized spacial score (nSPS) is 13.9. The molecule has 0 amide bonds. The van der Waals surface area contributed by atoms with Crippen molar-refractivity contribution in [1.82, 2.24) is 0 Å². The Bertz CT molecular complexity index is 99.1. The molecule has 9 heavy (non-hydrogen) atoms. The average Bonchev–Trinajstić information content (AvgIpc) is 1.84. The minimum absolute atomic E-state index is 0.120. The Morgan fingerprint density at radius 1 is 1.44 bits per heavy atom. The highest BCUT2D eigenvalue weighted by Gasteiger charge is 2.13. The monoisotopic (exact) mass is 129 g/mol. The molecule has 0 aliphatic heterocycles. The summed E-state index contributed by atoms with van der Waals surface area (Å²) in [6.07, 6.45) is 0. The molecular formula is C7H15NO. The predicted molar refractivity (Wildman–Crippen MR) is 38.1 cm³/mol. The van der Waals surface area contributed by atoms with E-state index < -0.39 is 0 Å². The zero-order valence-electron chi connectivity index (χ0n) is 6.35. The predicted octanol–water partition coefficient (Wildman–Crippen LogP) is 0.806. The lowest BCUT2D eigenvalue weighted by Gasteiger charge is -2.11. The maximum atomic E-state index is 10.8. The highest BCUT2D eigenvalue weighted by molar-refractivity contribution is 5.82. The van der Waals surface area contributed by atoms with Crippen LogP contribution in [0.5, 0.6) is 0 Å². The topological polar surface area (TPSA) is 43.1 Å². The fourth-order valence-electron chi connectivity index (χ4n) is 0.558. The number of carbonyl (C=O) groups is 1. The summed E-state index contributed by atoms with van der Waals surface area (Å²) in [6.45, 7) is 6.15. The number of nitrogens with two attached hydrogens (primary N) is 1. The molecule has 1 atom stereocenters. The van der Waals surface area contributed by atoms with Crippen LogP contribution < -0.4 is 5.73 Å². The zero-order valence-corrected chi connectivity index (χ0v) is 6.35. The van der Waals surface area contributed by atoms with E-state index >= 15 is 0 Å². The van der Waals surface area contributed by atoms with E-state index in [1.807, 2.05) is 20.8 Å². The summed E-state index contributed by atoms with van der Waals surface area (Å²) in [4.78, 5) is 10.8. The van der Waals surface area contributed by atoms with Gasteiger partial charge in [-0.3, -0.25) is 4.79 Å². The summed E-state index contributed by atoms with van der Waals surface area (Å²) in [5.41, 5.74) is 5.16. The van der Waals surface area contributed by atoms with Gasteiger partial charge >= 0.3 is 0 Å². The van der Waals surface area contributed by atoms with Crippen LogP contribution in [0.25, 0.3) is 0 Å². The molecule has 2 N–H and O–H groups in total. The molecule has 0 heterocycles. The van der Waals surface area contributed by atoms with Crippen molar-refractivity contribution >= 4 is 5.78 Å². The molecule has 0 spiro atoms. The molecule has 0 aromatic rings. The smallest absolute Gasteiger partial charge is 0.149 e. The van der Waals surface area contributed by atoms with Crippen LogP contribution >= 0.6 is 0 Å². The lowest BCUT2D eigenvalue weighted by atomic mass is 9.94. The Morgan fingerprint density at radius 2 is 1.89 bits per heavy atom. The number of carbonyl (C=O) groups excluding carboxylic acids is 1. The van der Waals surface area contributed by atoms with E-state index in [2.05, 4.69) is 0 Å². The van der Waals surface area contributed by atoms with Crippen molar-refractivity contribution < 1.29 is 4.79 Å². The van der Waals surface area contributed by atoms with Crippen LogP contribution in [-0.4, -0.2) is 12.3 Å².